The number of benzene rings is 1. The quantitative estimate of drug-likeness (QED) is 0.909. The van der Waals surface area contributed by atoms with Crippen molar-refractivity contribution in [2.75, 3.05) is 7.05 Å². The van der Waals surface area contributed by atoms with Gasteiger partial charge in [0, 0.05) is 23.0 Å². The molecule has 1 aromatic heterocycles. The highest BCUT2D eigenvalue weighted by atomic mass is 79.9. The van der Waals surface area contributed by atoms with Gasteiger partial charge in [0.2, 0.25) is 0 Å². The lowest BCUT2D eigenvalue weighted by molar-refractivity contribution is 0.477. The molecule has 2 aromatic rings. The highest BCUT2D eigenvalue weighted by Gasteiger charge is 2.18. The van der Waals surface area contributed by atoms with Crippen LogP contribution in [0, 0.1) is 6.92 Å². The van der Waals surface area contributed by atoms with E-state index in [1.807, 2.05) is 11.7 Å². The molecule has 5 heteroatoms. The second-order valence-electron chi connectivity index (χ2n) is 5.24. The summed E-state index contributed by atoms with van der Waals surface area (Å²) in [5.41, 5.74) is 2.50. The Balaban J connectivity index is 2.29. The van der Waals surface area contributed by atoms with E-state index in [0.717, 1.165) is 16.7 Å². The average molecular weight is 337 g/mol. The molecule has 0 amide bonds. The van der Waals surface area contributed by atoms with Crippen molar-refractivity contribution in [2.45, 2.75) is 39.3 Å². The van der Waals surface area contributed by atoms with Gasteiger partial charge < -0.3 is 5.32 Å². The zero-order valence-corrected chi connectivity index (χ0v) is 14.0. The van der Waals surface area contributed by atoms with Crippen LogP contribution in [0.4, 0.5) is 0 Å². The number of likely N-dealkylation sites (N-methyl/N-ethyl adjacent to an activating group) is 1. The van der Waals surface area contributed by atoms with Crippen LogP contribution in [0.2, 0.25) is 0 Å². The van der Waals surface area contributed by atoms with Gasteiger partial charge in [-0.3, -0.25) is 0 Å². The van der Waals surface area contributed by atoms with E-state index < -0.39 is 0 Å². The molecule has 0 aliphatic heterocycles. The first-order valence-corrected chi connectivity index (χ1v) is 7.64. The van der Waals surface area contributed by atoms with Crippen LogP contribution in [-0.2, 0) is 6.42 Å². The number of nitrogens with one attached hydrogen (secondary N) is 1. The summed E-state index contributed by atoms with van der Waals surface area (Å²) in [6.45, 7) is 6.35. The maximum absolute atomic E-state index is 4.40. The predicted octanol–water partition coefficient (Wildman–Crippen LogP) is 3.43. The summed E-state index contributed by atoms with van der Waals surface area (Å²) in [7, 11) is 1.98. The van der Waals surface area contributed by atoms with E-state index in [2.05, 4.69) is 70.3 Å². The molecule has 1 aromatic carbocycles. The molecule has 0 bridgehead atoms. The Morgan fingerprint density at radius 2 is 2.10 bits per heavy atom. The van der Waals surface area contributed by atoms with Crippen molar-refractivity contribution in [3.8, 4) is 0 Å². The van der Waals surface area contributed by atoms with Crippen LogP contribution in [0.15, 0.2) is 29.0 Å². The zero-order chi connectivity index (χ0) is 14.7. The maximum Gasteiger partial charge on any atom is 0.138 e. The second-order valence-corrected chi connectivity index (χ2v) is 6.03. The molecule has 1 unspecified atom stereocenters. The van der Waals surface area contributed by atoms with E-state index >= 15 is 0 Å². The zero-order valence-electron chi connectivity index (χ0n) is 12.4. The summed E-state index contributed by atoms with van der Waals surface area (Å²) < 4.78 is 3.14. The Morgan fingerprint density at radius 1 is 1.35 bits per heavy atom. The van der Waals surface area contributed by atoms with Gasteiger partial charge in [0.15, 0.2) is 0 Å². The highest BCUT2D eigenvalue weighted by Crippen LogP contribution is 2.28. The molecule has 20 heavy (non-hydrogen) atoms. The first-order valence-electron chi connectivity index (χ1n) is 6.85. The van der Waals surface area contributed by atoms with Gasteiger partial charge in [0.05, 0.1) is 0 Å². The van der Waals surface area contributed by atoms with Crippen LogP contribution in [0.25, 0.3) is 0 Å². The Kier molecular flexibility index (Phi) is 4.94. The third kappa shape index (κ3) is 3.10. The van der Waals surface area contributed by atoms with Gasteiger partial charge in [-0.1, -0.05) is 34.1 Å². The normalized spacial score (nSPS) is 12.9. The van der Waals surface area contributed by atoms with Crippen LogP contribution in [-0.4, -0.2) is 21.8 Å². The smallest absolute Gasteiger partial charge is 0.138 e. The fourth-order valence-electron chi connectivity index (χ4n) is 2.34. The van der Waals surface area contributed by atoms with Gasteiger partial charge >= 0.3 is 0 Å². The minimum atomic E-state index is 0.214. The van der Waals surface area contributed by atoms with Gasteiger partial charge in [0.1, 0.15) is 12.2 Å². The number of hydrogen-bond donors (Lipinski definition) is 1. The standard InChI is InChI=1S/C15H21BrN4/c1-10(2)20-14(18-9-19-20)8-13(17-4)12-7-5-6-11(3)15(12)16/h5-7,9-10,13,17H,8H2,1-4H3. The molecule has 1 atom stereocenters. The van der Waals surface area contributed by atoms with Crippen LogP contribution in [0.3, 0.4) is 0 Å². The summed E-state index contributed by atoms with van der Waals surface area (Å²) in [4.78, 5) is 4.40. The second kappa shape index (κ2) is 6.50. The molecule has 0 fully saturated rings. The number of aryl methyl sites for hydroxylation is 1. The fourth-order valence-corrected chi connectivity index (χ4v) is 2.88. The highest BCUT2D eigenvalue weighted by molar-refractivity contribution is 9.10. The summed E-state index contributed by atoms with van der Waals surface area (Å²) in [5, 5.41) is 7.68. The van der Waals surface area contributed by atoms with Gasteiger partial charge in [-0.15, -0.1) is 0 Å². The maximum atomic E-state index is 4.40. The van der Waals surface area contributed by atoms with Crippen molar-refractivity contribution in [2.24, 2.45) is 0 Å². The van der Waals surface area contributed by atoms with Crippen molar-refractivity contribution in [1.82, 2.24) is 20.1 Å². The van der Waals surface area contributed by atoms with Crippen LogP contribution >= 0.6 is 15.9 Å². The molecule has 1 heterocycles. The molecule has 0 saturated carbocycles. The van der Waals surface area contributed by atoms with Crippen molar-refractivity contribution < 1.29 is 0 Å². The lowest BCUT2D eigenvalue weighted by Gasteiger charge is -2.20. The van der Waals surface area contributed by atoms with Crippen molar-refractivity contribution >= 4 is 15.9 Å². The largest absolute Gasteiger partial charge is 0.313 e. The number of aromatic nitrogens is 3. The fraction of sp³-hybridized carbons (Fsp3) is 0.467. The van der Waals surface area contributed by atoms with E-state index in [9.17, 15) is 0 Å². The van der Waals surface area contributed by atoms with Crippen molar-refractivity contribution in [3.63, 3.8) is 0 Å². The SMILES string of the molecule is CNC(Cc1ncnn1C(C)C)c1cccc(C)c1Br. The molecule has 2 rings (SSSR count). The van der Waals surface area contributed by atoms with Gasteiger partial charge in [-0.2, -0.15) is 5.10 Å². The summed E-state index contributed by atoms with van der Waals surface area (Å²) in [6, 6.07) is 6.88. The number of hydrogen-bond acceptors (Lipinski definition) is 3. The monoisotopic (exact) mass is 336 g/mol. The number of nitrogens with zero attached hydrogens (tertiary/aromatic N) is 3. The average Bonchev–Trinajstić information content (AvgIpc) is 2.88. The van der Waals surface area contributed by atoms with Gasteiger partial charge in [0.25, 0.3) is 0 Å². The van der Waals surface area contributed by atoms with E-state index in [-0.39, 0.29) is 6.04 Å². The third-order valence-electron chi connectivity index (χ3n) is 3.47. The molecule has 0 aliphatic rings. The van der Waals surface area contributed by atoms with Crippen LogP contribution in [0.1, 0.15) is 42.9 Å². The molecular formula is C15H21BrN4. The predicted molar refractivity (Wildman–Crippen MR) is 84.8 cm³/mol. The van der Waals surface area contributed by atoms with E-state index in [4.69, 9.17) is 0 Å². The molecule has 108 valence electrons. The lowest BCUT2D eigenvalue weighted by Crippen LogP contribution is -2.22. The van der Waals surface area contributed by atoms with Crippen LogP contribution in [0.5, 0.6) is 0 Å². The topological polar surface area (TPSA) is 42.7 Å². The molecule has 0 aliphatic carbocycles. The Bertz CT molecular complexity index is 577. The number of rotatable bonds is 5. The minimum absolute atomic E-state index is 0.214. The van der Waals surface area contributed by atoms with Gasteiger partial charge in [-0.05, 0) is 38.9 Å². The summed E-state index contributed by atoms with van der Waals surface area (Å²) >= 11 is 3.69. The summed E-state index contributed by atoms with van der Waals surface area (Å²) in [5.74, 6) is 1.01. The molecule has 0 saturated heterocycles. The summed E-state index contributed by atoms with van der Waals surface area (Å²) in [6.07, 6.45) is 2.45. The third-order valence-corrected chi connectivity index (χ3v) is 4.55. The molecule has 0 spiro atoms. The van der Waals surface area contributed by atoms with Crippen LogP contribution < -0.4 is 5.32 Å². The first-order chi connectivity index (χ1) is 9.54. The minimum Gasteiger partial charge on any atom is -0.313 e. The Labute approximate surface area is 128 Å². The van der Waals surface area contributed by atoms with E-state index in [1.54, 1.807) is 6.33 Å². The van der Waals surface area contributed by atoms with Crippen molar-refractivity contribution in [1.29, 1.82) is 0 Å². The Hall–Kier alpha value is -1.20. The molecule has 4 nitrogen and oxygen atoms in total. The van der Waals surface area contributed by atoms with E-state index in [0.29, 0.717) is 6.04 Å². The first kappa shape index (κ1) is 15.2. The van der Waals surface area contributed by atoms with Gasteiger partial charge in [-0.25, -0.2) is 9.67 Å². The Morgan fingerprint density at radius 3 is 2.75 bits per heavy atom. The molecular weight excluding hydrogens is 316 g/mol. The molecule has 0 radical (unpaired) electrons. The number of halogens is 1. The van der Waals surface area contributed by atoms with E-state index in [1.165, 1.54) is 11.1 Å². The molecule has 1 N–H and O–H groups in total. The lowest BCUT2D eigenvalue weighted by atomic mass is 10.0. The van der Waals surface area contributed by atoms with Crippen molar-refractivity contribution in [3.05, 3.63) is 46.0 Å².